The standard InChI is InChI=1S/C24H22ClN2O7PS/c1-15(2)34-24(29)32-14-33-35(30,31)22(20-13-36-21-8-7-18(25)11-19(20)21)23(28)27-10-9-16-5-3-4-6-17(16)12-26/h3-11,13,15,22H,14H2,1-2H3,(H,27,28)(H,30,31)/b10-9+. The molecule has 0 fully saturated rings. The van der Waals surface area contributed by atoms with Crippen LogP contribution in [0.15, 0.2) is 54.0 Å². The second kappa shape index (κ2) is 12.2. The van der Waals surface area contributed by atoms with Gasteiger partial charge in [-0.05, 0) is 66.1 Å². The molecular formula is C24H22ClN2O7PS. The highest BCUT2D eigenvalue weighted by atomic mass is 35.5. The third-order valence-electron chi connectivity index (χ3n) is 4.75. The Kier molecular flexibility index (Phi) is 9.26. The van der Waals surface area contributed by atoms with Crippen LogP contribution in [-0.2, 0) is 23.4 Å². The zero-order valence-corrected chi connectivity index (χ0v) is 21.7. The third-order valence-corrected chi connectivity index (χ3v) is 7.61. The molecule has 2 aromatic carbocycles. The average molecular weight is 549 g/mol. The maximum Gasteiger partial charge on any atom is 0.510 e. The van der Waals surface area contributed by atoms with E-state index in [0.29, 0.717) is 21.5 Å². The Morgan fingerprint density at radius 1 is 1.28 bits per heavy atom. The summed E-state index contributed by atoms with van der Waals surface area (Å²) in [5, 5.41) is 14.2. The van der Waals surface area contributed by atoms with Gasteiger partial charge in [-0.3, -0.25) is 13.9 Å². The first kappa shape index (κ1) is 27.4. The lowest BCUT2D eigenvalue weighted by atomic mass is 10.1. The smallest absolute Gasteiger partial charge is 0.432 e. The van der Waals surface area contributed by atoms with Gasteiger partial charge in [0.1, 0.15) is 0 Å². The van der Waals surface area contributed by atoms with Crippen molar-refractivity contribution >= 4 is 58.8 Å². The predicted octanol–water partition coefficient (Wildman–Crippen LogP) is 5.98. The number of carbonyl (C=O) groups excluding carboxylic acids is 2. The summed E-state index contributed by atoms with van der Waals surface area (Å²) in [7, 11) is -4.75. The number of rotatable bonds is 9. The van der Waals surface area contributed by atoms with E-state index in [1.807, 2.05) is 6.07 Å². The fraction of sp³-hybridized carbons (Fsp3) is 0.208. The molecule has 0 aliphatic heterocycles. The van der Waals surface area contributed by atoms with Gasteiger partial charge in [0, 0.05) is 15.9 Å². The molecule has 2 atom stereocenters. The Bertz CT molecular complexity index is 1380. The van der Waals surface area contributed by atoms with Crippen molar-refractivity contribution in [2.24, 2.45) is 0 Å². The van der Waals surface area contributed by atoms with E-state index in [-0.39, 0.29) is 5.56 Å². The molecule has 0 saturated carbocycles. The van der Waals surface area contributed by atoms with Crippen molar-refractivity contribution in [2.45, 2.75) is 25.6 Å². The quantitative estimate of drug-likeness (QED) is 0.189. The van der Waals surface area contributed by atoms with Crippen LogP contribution in [0.25, 0.3) is 16.2 Å². The van der Waals surface area contributed by atoms with E-state index < -0.39 is 38.2 Å². The average Bonchev–Trinajstić information content (AvgIpc) is 3.21. The van der Waals surface area contributed by atoms with Gasteiger partial charge in [-0.25, -0.2) is 4.79 Å². The van der Waals surface area contributed by atoms with E-state index in [1.165, 1.54) is 23.6 Å². The molecule has 188 valence electrons. The Morgan fingerprint density at radius 3 is 2.75 bits per heavy atom. The molecule has 36 heavy (non-hydrogen) atoms. The number of hydrogen-bond acceptors (Lipinski definition) is 8. The van der Waals surface area contributed by atoms with Crippen molar-refractivity contribution < 1.29 is 33.0 Å². The van der Waals surface area contributed by atoms with Crippen molar-refractivity contribution in [1.29, 1.82) is 5.26 Å². The minimum atomic E-state index is -4.75. The number of thiophene rings is 1. The second-order valence-electron chi connectivity index (χ2n) is 7.65. The van der Waals surface area contributed by atoms with E-state index in [9.17, 15) is 24.3 Å². The summed E-state index contributed by atoms with van der Waals surface area (Å²) in [5.74, 6) is -0.851. The van der Waals surface area contributed by atoms with Gasteiger partial charge in [-0.2, -0.15) is 5.26 Å². The van der Waals surface area contributed by atoms with Gasteiger partial charge in [0.15, 0.2) is 5.66 Å². The van der Waals surface area contributed by atoms with Gasteiger partial charge in [0.2, 0.25) is 12.7 Å². The normalized spacial score (nSPS) is 13.8. The van der Waals surface area contributed by atoms with Gasteiger partial charge >= 0.3 is 13.8 Å². The van der Waals surface area contributed by atoms with Crippen LogP contribution in [0.5, 0.6) is 0 Å². The summed E-state index contributed by atoms with van der Waals surface area (Å²) in [6.07, 6.45) is 1.21. The van der Waals surface area contributed by atoms with Crippen LogP contribution in [0.4, 0.5) is 4.79 Å². The summed E-state index contributed by atoms with van der Waals surface area (Å²) < 4.78 is 28.5. The van der Waals surface area contributed by atoms with Crippen LogP contribution in [0.2, 0.25) is 5.02 Å². The summed E-state index contributed by atoms with van der Waals surface area (Å²) in [6, 6.07) is 13.7. The van der Waals surface area contributed by atoms with Gasteiger partial charge < -0.3 is 19.7 Å². The summed E-state index contributed by atoms with van der Waals surface area (Å²) in [6.45, 7) is 2.31. The Labute approximate surface area is 216 Å². The van der Waals surface area contributed by atoms with Gasteiger partial charge in [-0.15, -0.1) is 11.3 Å². The van der Waals surface area contributed by atoms with Gasteiger partial charge in [-0.1, -0.05) is 29.8 Å². The molecule has 0 radical (unpaired) electrons. The minimum Gasteiger partial charge on any atom is -0.432 e. The van der Waals surface area contributed by atoms with E-state index >= 15 is 0 Å². The SMILES string of the molecule is CC(C)OC(=O)OCOP(=O)(O)C(C(=O)N/C=C/c1ccccc1C#N)c1csc2ccc(Cl)cc12. The van der Waals surface area contributed by atoms with Crippen LogP contribution in [0.3, 0.4) is 0 Å². The highest BCUT2D eigenvalue weighted by molar-refractivity contribution is 7.54. The van der Waals surface area contributed by atoms with Crippen LogP contribution in [0, 0.1) is 11.3 Å². The number of amides is 1. The zero-order valence-electron chi connectivity index (χ0n) is 19.2. The van der Waals surface area contributed by atoms with Gasteiger partial charge in [0.25, 0.3) is 0 Å². The number of nitrogens with zero attached hydrogens (tertiary/aromatic N) is 1. The third kappa shape index (κ3) is 6.94. The Morgan fingerprint density at radius 2 is 2.03 bits per heavy atom. The molecule has 3 rings (SSSR count). The van der Waals surface area contributed by atoms with E-state index in [2.05, 4.69) is 5.32 Å². The summed E-state index contributed by atoms with van der Waals surface area (Å²) in [5.41, 5.74) is -0.522. The number of fused-ring (bicyclic) bond motifs is 1. The van der Waals surface area contributed by atoms with Crippen molar-refractivity contribution in [1.82, 2.24) is 5.32 Å². The van der Waals surface area contributed by atoms with Crippen LogP contribution < -0.4 is 5.32 Å². The van der Waals surface area contributed by atoms with Crippen molar-refractivity contribution in [3.8, 4) is 6.07 Å². The maximum absolute atomic E-state index is 13.3. The molecule has 3 aromatic rings. The lowest BCUT2D eigenvalue weighted by Gasteiger charge is -2.21. The first-order valence-corrected chi connectivity index (χ1v) is 13.5. The van der Waals surface area contributed by atoms with Crippen LogP contribution in [-0.4, -0.2) is 29.9 Å². The van der Waals surface area contributed by atoms with E-state index in [1.54, 1.807) is 61.7 Å². The molecule has 1 heterocycles. The lowest BCUT2D eigenvalue weighted by molar-refractivity contribution is -0.120. The molecule has 9 nitrogen and oxygen atoms in total. The van der Waals surface area contributed by atoms with E-state index in [4.69, 9.17) is 25.6 Å². The summed E-state index contributed by atoms with van der Waals surface area (Å²) >= 11 is 7.38. The second-order valence-corrected chi connectivity index (χ2v) is 10.9. The van der Waals surface area contributed by atoms with E-state index in [0.717, 1.165) is 4.70 Å². The largest absolute Gasteiger partial charge is 0.510 e. The van der Waals surface area contributed by atoms with Crippen molar-refractivity contribution in [3.63, 3.8) is 0 Å². The number of hydrogen-bond donors (Lipinski definition) is 2. The minimum absolute atomic E-state index is 0.219. The fourth-order valence-corrected chi connectivity index (χ4v) is 5.71. The van der Waals surface area contributed by atoms with Crippen LogP contribution >= 0.6 is 30.5 Å². The topological polar surface area (TPSA) is 135 Å². The molecule has 0 aliphatic rings. The monoisotopic (exact) mass is 548 g/mol. The van der Waals surface area contributed by atoms with Crippen molar-refractivity contribution in [3.05, 3.63) is 75.8 Å². The molecule has 1 amide bonds. The highest BCUT2D eigenvalue weighted by Gasteiger charge is 2.41. The first-order valence-electron chi connectivity index (χ1n) is 10.6. The molecule has 0 saturated heterocycles. The molecule has 0 spiro atoms. The summed E-state index contributed by atoms with van der Waals surface area (Å²) in [4.78, 5) is 35.6. The molecule has 0 bridgehead atoms. The number of carbonyl (C=O) groups is 2. The molecular weight excluding hydrogens is 527 g/mol. The maximum atomic E-state index is 13.3. The first-order chi connectivity index (χ1) is 17.1. The number of benzene rings is 2. The molecule has 2 unspecified atom stereocenters. The zero-order chi connectivity index (χ0) is 26.3. The predicted molar refractivity (Wildman–Crippen MR) is 136 cm³/mol. The number of nitrogens with one attached hydrogen (secondary N) is 1. The number of ether oxygens (including phenoxy) is 2. The molecule has 0 aliphatic carbocycles. The fourth-order valence-electron chi connectivity index (χ4n) is 3.19. The van der Waals surface area contributed by atoms with Crippen LogP contribution in [0.1, 0.15) is 36.2 Å². The lowest BCUT2D eigenvalue weighted by Crippen LogP contribution is -2.26. The number of halogens is 1. The number of nitriles is 1. The molecule has 12 heteroatoms. The molecule has 1 aromatic heterocycles. The van der Waals surface area contributed by atoms with Gasteiger partial charge in [0.05, 0.1) is 17.7 Å². The Balaban J connectivity index is 1.88. The van der Waals surface area contributed by atoms with Crippen molar-refractivity contribution in [2.75, 3.05) is 6.79 Å². The highest BCUT2D eigenvalue weighted by Crippen LogP contribution is 2.58. The molecule has 2 N–H and O–H groups in total. The Hall–Kier alpha value is -3.19.